The van der Waals surface area contributed by atoms with Crippen molar-refractivity contribution in [3.05, 3.63) is 129 Å². The van der Waals surface area contributed by atoms with Crippen LogP contribution in [0, 0.1) is 0 Å². The average Bonchev–Trinajstić information content (AvgIpc) is 3.11. The number of fused-ring (bicyclic) bond motifs is 3. The van der Waals surface area contributed by atoms with E-state index in [9.17, 15) is 0 Å². The fourth-order valence-electron chi connectivity index (χ4n) is 4.31. The maximum Gasteiger partial charge on any atom is 0.0406 e. The summed E-state index contributed by atoms with van der Waals surface area (Å²) in [5, 5.41) is 1.51. The van der Waals surface area contributed by atoms with Gasteiger partial charge in [0.2, 0.25) is 0 Å². The van der Waals surface area contributed by atoms with E-state index in [1.54, 1.807) is 0 Å². The van der Waals surface area contributed by atoms with Crippen molar-refractivity contribution in [2.75, 3.05) is 0 Å². The van der Waals surface area contributed by atoms with Crippen LogP contribution in [0.1, 0.15) is 33.7 Å². The minimum Gasteiger partial charge on any atom is -0.0843 e. The van der Waals surface area contributed by atoms with Gasteiger partial charge in [-0.25, -0.2) is 0 Å². The lowest BCUT2D eigenvalue weighted by Gasteiger charge is -2.22. The Balaban J connectivity index is 1.71. The van der Waals surface area contributed by atoms with Gasteiger partial charge in [0.15, 0.2) is 0 Å². The lowest BCUT2D eigenvalue weighted by atomic mass is 9.82. The van der Waals surface area contributed by atoms with Crippen LogP contribution >= 0.6 is 23.2 Å². The summed E-state index contributed by atoms with van der Waals surface area (Å²) in [6.07, 6.45) is 0.972. The Morgan fingerprint density at radius 1 is 0.571 bits per heavy atom. The van der Waals surface area contributed by atoms with E-state index in [-0.39, 0.29) is 5.92 Å². The molecule has 1 aliphatic carbocycles. The van der Waals surface area contributed by atoms with Gasteiger partial charge in [-0.15, -0.1) is 0 Å². The maximum atomic E-state index is 6.17. The molecule has 1 aliphatic rings. The first kappa shape index (κ1) is 17.6. The van der Waals surface area contributed by atoms with E-state index < -0.39 is 0 Å². The van der Waals surface area contributed by atoms with Gasteiger partial charge >= 0.3 is 0 Å². The molecular weight excluding hydrogens is 383 g/mol. The number of halogens is 2. The zero-order valence-corrected chi connectivity index (χ0v) is 16.7. The molecule has 0 saturated carbocycles. The Labute approximate surface area is 175 Å². The first-order chi connectivity index (χ1) is 13.7. The van der Waals surface area contributed by atoms with E-state index in [0.29, 0.717) is 0 Å². The highest BCUT2D eigenvalue weighted by atomic mass is 35.5. The lowest BCUT2D eigenvalue weighted by molar-refractivity contribution is 0.955. The summed E-state index contributed by atoms with van der Waals surface area (Å²) in [6.45, 7) is 0. The summed E-state index contributed by atoms with van der Waals surface area (Å²) in [5.41, 5.74) is 9.33. The molecule has 0 aromatic heterocycles. The molecule has 0 nitrogen and oxygen atoms in total. The third-order valence-electron chi connectivity index (χ3n) is 5.60. The van der Waals surface area contributed by atoms with Crippen LogP contribution in [-0.4, -0.2) is 0 Å². The van der Waals surface area contributed by atoms with Crippen LogP contribution in [0.3, 0.4) is 0 Å². The molecule has 0 radical (unpaired) electrons. The van der Waals surface area contributed by atoms with E-state index in [1.807, 2.05) is 24.3 Å². The molecule has 0 spiro atoms. The van der Waals surface area contributed by atoms with Crippen molar-refractivity contribution in [2.45, 2.75) is 12.3 Å². The van der Waals surface area contributed by atoms with Crippen LogP contribution < -0.4 is 0 Å². The van der Waals surface area contributed by atoms with Crippen molar-refractivity contribution in [2.24, 2.45) is 0 Å². The second-order valence-corrected chi connectivity index (χ2v) is 8.12. The predicted octanol–water partition coefficient (Wildman–Crippen LogP) is 7.74. The van der Waals surface area contributed by atoms with Crippen molar-refractivity contribution < 1.29 is 0 Å². The quantitative estimate of drug-likeness (QED) is 0.271. The highest BCUT2D eigenvalue weighted by Gasteiger charge is 2.26. The third-order valence-corrected chi connectivity index (χ3v) is 6.11. The van der Waals surface area contributed by atoms with Gasteiger partial charge in [0.25, 0.3) is 0 Å². The molecule has 0 amide bonds. The molecule has 2 heteroatoms. The first-order valence-electron chi connectivity index (χ1n) is 9.42. The van der Waals surface area contributed by atoms with Gasteiger partial charge in [0.05, 0.1) is 0 Å². The van der Waals surface area contributed by atoms with Crippen molar-refractivity contribution in [1.29, 1.82) is 0 Å². The van der Waals surface area contributed by atoms with Gasteiger partial charge in [-0.3, -0.25) is 0 Å². The molecule has 5 rings (SSSR count). The van der Waals surface area contributed by atoms with Gasteiger partial charge in [0, 0.05) is 16.0 Å². The first-order valence-corrected chi connectivity index (χ1v) is 10.2. The number of hydrogen-bond donors (Lipinski definition) is 0. The molecule has 136 valence electrons. The predicted molar refractivity (Wildman–Crippen MR) is 119 cm³/mol. The number of benzene rings is 4. The number of hydrogen-bond acceptors (Lipinski definition) is 0. The Hall–Kier alpha value is -2.54. The van der Waals surface area contributed by atoms with Crippen molar-refractivity contribution in [1.82, 2.24) is 0 Å². The molecule has 0 heterocycles. The average molecular weight is 401 g/mol. The van der Waals surface area contributed by atoms with Crippen LogP contribution in [0.2, 0.25) is 10.0 Å². The van der Waals surface area contributed by atoms with E-state index in [2.05, 4.69) is 66.7 Å². The Morgan fingerprint density at radius 3 is 1.79 bits per heavy atom. The summed E-state index contributed by atoms with van der Waals surface area (Å²) in [7, 11) is 0. The Kier molecular flexibility index (Phi) is 4.47. The van der Waals surface area contributed by atoms with E-state index in [0.717, 1.165) is 16.5 Å². The van der Waals surface area contributed by atoms with Crippen molar-refractivity contribution in [3.8, 4) is 11.1 Å². The zero-order chi connectivity index (χ0) is 19.1. The highest BCUT2D eigenvalue weighted by Crippen LogP contribution is 2.43. The van der Waals surface area contributed by atoms with Gasteiger partial charge < -0.3 is 0 Å². The molecule has 28 heavy (non-hydrogen) atoms. The van der Waals surface area contributed by atoms with E-state index in [4.69, 9.17) is 23.2 Å². The molecule has 0 fully saturated rings. The smallest absolute Gasteiger partial charge is 0.0406 e. The summed E-state index contributed by atoms with van der Waals surface area (Å²) >= 11 is 12.3. The lowest BCUT2D eigenvalue weighted by Crippen LogP contribution is -2.06. The second-order valence-electron chi connectivity index (χ2n) is 7.24. The molecule has 0 aliphatic heterocycles. The summed E-state index contributed by atoms with van der Waals surface area (Å²) in [6, 6.07) is 31.8. The SMILES string of the molecule is Clc1ccc(C(c2ccc(Cl)cc2)c2cccc3c2Cc2ccccc2-3)cc1. The summed E-state index contributed by atoms with van der Waals surface area (Å²) in [4.78, 5) is 0. The minimum absolute atomic E-state index is 0.138. The monoisotopic (exact) mass is 400 g/mol. The molecule has 0 N–H and O–H groups in total. The van der Waals surface area contributed by atoms with Gasteiger partial charge in [-0.1, -0.05) is 89.9 Å². The van der Waals surface area contributed by atoms with E-state index in [1.165, 1.54) is 38.9 Å². The molecule has 0 bridgehead atoms. The topological polar surface area (TPSA) is 0 Å². The highest BCUT2D eigenvalue weighted by molar-refractivity contribution is 6.30. The maximum absolute atomic E-state index is 6.17. The van der Waals surface area contributed by atoms with Crippen molar-refractivity contribution in [3.63, 3.8) is 0 Å². The van der Waals surface area contributed by atoms with Crippen LogP contribution in [0.15, 0.2) is 91.0 Å². The molecule has 4 aromatic carbocycles. The van der Waals surface area contributed by atoms with Crippen LogP contribution in [-0.2, 0) is 6.42 Å². The second kappa shape index (κ2) is 7.13. The van der Waals surface area contributed by atoms with Gasteiger partial charge in [-0.05, 0) is 69.6 Å². The third kappa shape index (κ3) is 3.03. The summed E-state index contributed by atoms with van der Waals surface area (Å²) in [5.74, 6) is 0.138. The Bertz CT molecular complexity index is 1100. The van der Waals surface area contributed by atoms with Crippen molar-refractivity contribution >= 4 is 23.2 Å². The fraction of sp³-hybridized carbons (Fsp3) is 0.0769. The molecule has 0 unspecified atom stereocenters. The molecular formula is C26H18Cl2. The van der Waals surface area contributed by atoms with Gasteiger partial charge in [-0.2, -0.15) is 0 Å². The fourth-order valence-corrected chi connectivity index (χ4v) is 4.57. The largest absolute Gasteiger partial charge is 0.0843 e. The van der Waals surface area contributed by atoms with Crippen LogP contribution in [0.5, 0.6) is 0 Å². The van der Waals surface area contributed by atoms with E-state index >= 15 is 0 Å². The zero-order valence-electron chi connectivity index (χ0n) is 15.2. The summed E-state index contributed by atoms with van der Waals surface area (Å²) < 4.78 is 0. The molecule has 0 atom stereocenters. The molecule has 0 saturated heterocycles. The molecule has 4 aromatic rings. The van der Waals surface area contributed by atoms with Crippen LogP contribution in [0.4, 0.5) is 0 Å². The van der Waals surface area contributed by atoms with Crippen LogP contribution in [0.25, 0.3) is 11.1 Å². The normalized spacial score (nSPS) is 12.1. The minimum atomic E-state index is 0.138. The number of rotatable bonds is 3. The Morgan fingerprint density at radius 2 is 1.14 bits per heavy atom. The van der Waals surface area contributed by atoms with Gasteiger partial charge in [0.1, 0.15) is 0 Å². The standard InChI is InChI=1S/C26H18Cl2/c27-20-12-8-17(9-13-20)26(18-10-14-21(28)15-11-18)24-7-3-6-23-22-5-2-1-4-19(22)16-25(23)24/h1-15,26H,16H2.